The van der Waals surface area contributed by atoms with Gasteiger partial charge in [-0.1, -0.05) is 29.8 Å². The van der Waals surface area contributed by atoms with Crippen molar-refractivity contribution in [3.63, 3.8) is 0 Å². The Hall–Kier alpha value is -0.860. The first kappa shape index (κ1) is 9.69. The number of hydrogen-bond donors (Lipinski definition) is 1. The van der Waals surface area contributed by atoms with E-state index in [1.807, 2.05) is 0 Å². The van der Waals surface area contributed by atoms with E-state index in [0.717, 1.165) is 13.0 Å². The van der Waals surface area contributed by atoms with E-state index in [4.69, 9.17) is 4.74 Å². The maximum atomic E-state index is 5.59. The van der Waals surface area contributed by atoms with E-state index in [1.165, 1.54) is 11.1 Å². The lowest BCUT2D eigenvalue weighted by atomic mass is 10.1. The zero-order valence-corrected chi connectivity index (χ0v) is 8.79. The molecular weight excluding hydrogens is 174 g/mol. The molecule has 0 aromatic heterocycles. The van der Waals surface area contributed by atoms with Crippen LogP contribution in [0.3, 0.4) is 0 Å². The van der Waals surface area contributed by atoms with Gasteiger partial charge in [-0.2, -0.15) is 0 Å². The van der Waals surface area contributed by atoms with Crippen molar-refractivity contribution in [1.82, 2.24) is 5.32 Å². The molecular formula is C12H17NO. The molecule has 1 heterocycles. The molecule has 0 spiro atoms. The molecule has 1 aliphatic rings. The van der Waals surface area contributed by atoms with Crippen LogP contribution in [0.15, 0.2) is 24.3 Å². The molecule has 76 valence electrons. The van der Waals surface area contributed by atoms with Gasteiger partial charge in [0.2, 0.25) is 0 Å². The van der Waals surface area contributed by atoms with Crippen LogP contribution in [0.5, 0.6) is 0 Å². The van der Waals surface area contributed by atoms with Crippen LogP contribution in [0, 0.1) is 6.92 Å². The summed E-state index contributed by atoms with van der Waals surface area (Å²) in [5.41, 5.74) is 2.64. The molecule has 0 aliphatic carbocycles. The van der Waals surface area contributed by atoms with E-state index in [2.05, 4.69) is 43.4 Å². The van der Waals surface area contributed by atoms with Crippen LogP contribution >= 0.6 is 0 Å². The molecule has 2 nitrogen and oxygen atoms in total. The van der Waals surface area contributed by atoms with Crippen LogP contribution in [0.4, 0.5) is 0 Å². The molecule has 2 atom stereocenters. The number of rotatable bonds is 2. The molecule has 14 heavy (non-hydrogen) atoms. The Morgan fingerprint density at radius 2 is 2.07 bits per heavy atom. The monoisotopic (exact) mass is 191 g/mol. The van der Waals surface area contributed by atoms with Crippen LogP contribution < -0.4 is 5.32 Å². The number of aryl methyl sites for hydroxylation is 1. The Morgan fingerprint density at radius 1 is 1.36 bits per heavy atom. The van der Waals surface area contributed by atoms with Crippen LogP contribution in [-0.2, 0) is 11.2 Å². The lowest BCUT2D eigenvalue weighted by Gasteiger charge is -2.10. The topological polar surface area (TPSA) is 21.3 Å². The predicted molar refractivity (Wildman–Crippen MR) is 57.2 cm³/mol. The Kier molecular flexibility index (Phi) is 2.85. The highest BCUT2D eigenvalue weighted by Gasteiger charge is 2.20. The summed E-state index contributed by atoms with van der Waals surface area (Å²) in [6.07, 6.45) is 1.16. The van der Waals surface area contributed by atoms with Crippen LogP contribution in [0.2, 0.25) is 0 Å². The van der Waals surface area contributed by atoms with Gasteiger partial charge in [0.25, 0.3) is 0 Å². The van der Waals surface area contributed by atoms with Crippen molar-refractivity contribution in [2.45, 2.75) is 32.5 Å². The highest BCUT2D eigenvalue weighted by Crippen LogP contribution is 2.10. The molecule has 2 unspecified atom stereocenters. The molecule has 0 bridgehead atoms. The first-order chi connectivity index (χ1) is 6.74. The zero-order valence-electron chi connectivity index (χ0n) is 8.79. The minimum atomic E-state index is 0.202. The third-order valence-corrected chi connectivity index (χ3v) is 2.56. The summed E-state index contributed by atoms with van der Waals surface area (Å²) in [6.45, 7) is 5.09. The van der Waals surface area contributed by atoms with Crippen molar-refractivity contribution in [2.24, 2.45) is 0 Å². The third kappa shape index (κ3) is 2.34. The molecule has 1 aromatic carbocycles. The maximum absolute atomic E-state index is 5.59. The normalized spacial score (nSPS) is 26.7. The highest BCUT2D eigenvalue weighted by atomic mass is 16.5. The Balaban J connectivity index is 1.94. The van der Waals surface area contributed by atoms with Crippen molar-refractivity contribution in [3.8, 4) is 0 Å². The number of nitrogens with one attached hydrogen (secondary N) is 1. The predicted octanol–water partition coefficient (Wildman–Crippen LogP) is 1.87. The first-order valence-corrected chi connectivity index (χ1v) is 5.17. The second-order valence-electron chi connectivity index (χ2n) is 4.08. The van der Waals surface area contributed by atoms with Crippen molar-refractivity contribution >= 4 is 0 Å². The summed E-state index contributed by atoms with van der Waals surface area (Å²) in [4.78, 5) is 0. The van der Waals surface area contributed by atoms with E-state index < -0.39 is 0 Å². The van der Waals surface area contributed by atoms with Crippen molar-refractivity contribution < 1.29 is 4.74 Å². The Labute approximate surface area is 85.3 Å². The molecule has 2 rings (SSSR count). The van der Waals surface area contributed by atoms with E-state index >= 15 is 0 Å². The summed E-state index contributed by atoms with van der Waals surface area (Å²) in [5, 5.41) is 3.39. The second-order valence-corrected chi connectivity index (χ2v) is 4.08. The fourth-order valence-electron chi connectivity index (χ4n) is 1.73. The molecule has 0 saturated carbocycles. The maximum Gasteiger partial charge on any atom is 0.112 e. The third-order valence-electron chi connectivity index (χ3n) is 2.56. The molecule has 1 aromatic rings. The largest absolute Gasteiger partial charge is 0.361 e. The summed E-state index contributed by atoms with van der Waals surface area (Å²) in [5.74, 6) is 0. The summed E-state index contributed by atoms with van der Waals surface area (Å²) in [7, 11) is 0. The van der Waals surface area contributed by atoms with Crippen LogP contribution in [-0.4, -0.2) is 18.9 Å². The fraction of sp³-hybridized carbons (Fsp3) is 0.500. The van der Waals surface area contributed by atoms with E-state index in [0.29, 0.717) is 6.04 Å². The summed E-state index contributed by atoms with van der Waals surface area (Å²) < 4.78 is 5.59. The van der Waals surface area contributed by atoms with E-state index in [1.54, 1.807) is 0 Å². The molecule has 1 aliphatic heterocycles. The van der Waals surface area contributed by atoms with Gasteiger partial charge >= 0.3 is 0 Å². The standard InChI is InChI=1S/C12H17NO/c1-9-3-5-11(6-4-9)7-12-13-10(2)8-14-12/h3-6,10,12-13H,7-8H2,1-2H3. The van der Waals surface area contributed by atoms with Crippen molar-refractivity contribution in [2.75, 3.05) is 6.61 Å². The minimum Gasteiger partial charge on any atom is -0.361 e. The van der Waals surface area contributed by atoms with Crippen LogP contribution in [0.1, 0.15) is 18.1 Å². The molecule has 0 amide bonds. The molecule has 0 radical (unpaired) electrons. The fourth-order valence-corrected chi connectivity index (χ4v) is 1.73. The van der Waals surface area contributed by atoms with E-state index in [9.17, 15) is 0 Å². The molecule has 2 heteroatoms. The Morgan fingerprint density at radius 3 is 2.64 bits per heavy atom. The first-order valence-electron chi connectivity index (χ1n) is 5.17. The van der Waals surface area contributed by atoms with Crippen molar-refractivity contribution in [3.05, 3.63) is 35.4 Å². The molecule has 1 saturated heterocycles. The number of benzene rings is 1. The number of hydrogen-bond acceptors (Lipinski definition) is 2. The average Bonchev–Trinajstić information content (AvgIpc) is 2.56. The minimum absolute atomic E-state index is 0.202. The van der Waals surface area contributed by atoms with Gasteiger partial charge in [0.1, 0.15) is 6.23 Å². The van der Waals surface area contributed by atoms with Gasteiger partial charge in [-0.15, -0.1) is 0 Å². The van der Waals surface area contributed by atoms with Gasteiger partial charge in [0.15, 0.2) is 0 Å². The quantitative estimate of drug-likeness (QED) is 0.770. The average molecular weight is 191 g/mol. The van der Waals surface area contributed by atoms with Gasteiger partial charge in [-0.05, 0) is 19.4 Å². The molecule has 1 fully saturated rings. The summed E-state index contributed by atoms with van der Waals surface area (Å²) in [6, 6.07) is 9.12. The summed E-state index contributed by atoms with van der Waals surface area (Å²) >= 11 is 0. The van der Waals surface area contributed by atoms with Gasteiger partial charge in [-0.25, -0.2) is 0 Å². The lowest BCUT2D eigenvalue weighted by molar-refractivity contribution is 0.101. The van der Waals surface area contributed by atoms with Crippen LogP contribution in [0.25, 0.3) is 0 Å². The SMILES string of the molecule is Cc1ccc(CC2NC(C)CO2)cc1. The van der Waals surface area contributed by atoms with Gasteiger partial charge in [0, 0.05) is 12.5 Å². The smallest absolute Gasteiger partial charge is 0.112 e. The number of ether oxygens (including phenoxy) is 1. The van der Waals surface area contributed by atoms with Gasteiger partial charge in [0.05, 0.1) is 6.61 Å². The van der Waals surface area contributed by atoms with Crippen molar-refractivity contribution in [1.29, 1.82) is 0 Å². The second kappa shape index (κ2) is 4.11. The highest BCUT2D eigenvalue weighted by molar-refractivity contribution is 5.21. The van der Waals surface area contributed by atoms with Gasteiger partial charge in [-0.3, -0.25) is 5.32 Å². The molecule has 1 N–H and O–H groups in total. The van der Waals surface area contributed by atoms with Gasteiger partial charge < -0.3 is 4.74 Å². The zero-order chi connectivity index (χ0) is 9.97. The Bertz CT molecular complexity index is 294. The lowest BCUT2D eigenvalue weighted by Crippen LogP contribution is -2.29. The van der Waals surface area contributed by atoms with E-state index in [-0.39, 0.29) is 6.23 Å².